The lowest BCUT2D eigenvalue weighted by atomic mass is 9.96. The van der Waals surface area contributed by atoms with Crippen molar-refractivity contribution in [3.8, 4) is 0 Å². The molecule has 1 saturated heterocycles. The van der Waals surface area contributed by atoms with Crippen LogP contribution in [0.2, 0.25) is 0 Å². The van der Waals surface area contributed by atoms with Gasteiger partial charge in [0, 0.05) is 12.0 Å². The van der Waals surface area contributed by atoms with Gasteiger partial charge in [-0.1, -0.05) is 11.6 Å². The number of hydrogen-bond donors (Lipinski definition) is 1. The zero-order chi connectivity index (χ0) is 10.9. The van der Waals surface area contributed by atoms with E-state index in [1.807, 2.05) is 6.92 Å². The van der Waals surface area contributed by atoms with E-state index in [2.05, 4.69) is 0 Å². The monoisotopic (exact) mass is 210 g/mol. The Morgan fingerprint density at radius 3 is 2.87 bits per heavy atom. The summed E-state index contributed by atoms with van der Waals surface area (Å²) in [5.41, 5.74) is 1.19. The van der Waals surface area contributed by atoms with Crippen LogP contribution in [0.4, 0.5) is 4.39 Å². The molecular formula is C12H15FO2. The standard InChI is InChI=1S/C12H15FO2/c1-9-4-5-11(13)10(8-9)12(14)6-2-3-7-15-12/h4-5,8,14H,2-3,6-7H2,1H3. The fourth-order valence-corrected chi connectivity index (χ4v) is 1.93. The first-order valence-electron chi connectivity index (χ1n) is 5.25. The zero-order valence-electron chi connectivity index (χ0n) is 8.79. The van der Waals surface area contributed by atoms with Crippen molar-refractivity contribution in [2.75, 3.05) is 6.61 Å². The van der Waals surface area contributed by atoms with Crippen LogP contribution in [0.1, 0.15) is 30.4 Å². The van der Waals surface area contributed by atoms with Crippen LogP contribution in [0.15, 0.2) is 18.2 Å². The Kier molecular flexibility index (Phi) is 2.76. The number of aryl methyl sites for hydroxylation is 1. The first-order chi connectivity index (χ1) is 7.12. The van der Waals surface area contributed by atoms with E-state index in [0.29, 0.717) is 13.0 Å². The number of aliphatic hydroxyl groups is 1. The molecule has 0 radical (unpaired) electrons. The Bertz CT molecular complexity index is 357. The minimum Gasteiger partial charge on any atom is -0.362 e. The quantitative estimate of drug-likeness (QED) is 0.771. The molecule has 3 heteroatoms. The Hall–Kier alpha value is -0.930. The number of ether oxygens (including phenoxy) is 1. The van der Waals surface area contributed by atoms with Crippen molar-refractivity contribution in [2.45, 2.75) is 32.0 Å². The highest BCUT2D eigenvalue weighted by atomic mass is 19.1. The summed E-state index contributed by atoms with van der Waals surface area (Å²) < 4.78 is 18.9. The number of hydrogen-bond acceptors (Lipinski definition) is 2. The molecule has 2 rings (SSSR count). The second-order valence-corrected chi connectivity index (χ2v) is 4.07. The van der Waals surface area contributed by atoms with Crippen LogP contribution in [0.5, 0.6) is 0 Å². The van der Waals surface area contributed by atoms with Crippen molar-refractivity contribution in [2.24, 2.45) is 0 Å². The van der Waals surface area contributed by atoms with Gasteiger partial charge in [-0.25, -0.2) is 4.39 Å². The van der Waals surface area contributed by atoms with E-state index in [1.165, 1.54) is 6.07 Å². The molecule has 1 aromatic carbocycles. The smallest absolute Gasteiger partial charge is 0.195 e. The van der Waals surface area contributed by atoms with Crippen LogP contribution in [0, 0.1) is 12.7 Å². The molecule has 1 aromatic rings. The molecule has 0 bridgehead atoms. The minimum absolute atomic E-state index is 0.266. The third-order valence-corrected chi connectivity index (χ3v) is 2.79. The molecule has 0 spiro atoms. The topological polar surface area (TPSA) is 29.5 Å². The van der Waals surface area contributed by atoms with Gasteiger partial charge in [0.25, 0.3) is 0 Å². The Labute approximate surface area is 88.7 Å². The molecule has 1 unspecified atom stereocenters. The Morgan fingerprint density at radius 2 is 2.20 bits per heavy atom. The summed E-state index contributed by atoms with van der Waals surface area (Å²) in [6, 6.07) is 4.71. The van der Waals surface area contributed by atoms with Crippen molar-refractivity contribution < 1.29 is 14.2 Å². The van der Waals surface area contributed by atoms with Crippen LogP contribution in [0.3, 0.4) is 0 Å². The molecule has 1 fully saturated rings. The molecule has 1 aliphatic rings. The van der Waals surface area contributed by atoms with Crippen LogP contribution in [-0.4, -0.2) is 11.7 Å². The molecule has 1 aliphatic heterocycles. The molecule has 1 N–H and O–H groups in total. The van der Waals surface area contributed by atoms with E-state index in [0.717, 1.165) is 18.4 Å². The predicted octanol–water partition coefficient (Wildman–Crippen LogP) is 2.48. The van der Waals surface area contributed by atoms with E-state index in [4.69, 9.17) is 4.74 Å². The van der Waals surface area contributed by atoms with E-state index in [9.17, 15) is 9.50 Å². The molecule has 82 valence electrons. The van der Waals surface area contributed by atoms with Crippen molar-refractivity contribution in [3.63, 3.8) is 0 Å². The second kappa shape index (κ2) is 3.91. The summed E-state index contributed by atoms with van der Waals surface area (Å²) in [6.45, 7) is 2.36. The molecule has 0 amide bonds. The largest absolute Gasteiger partial charge is 0.362 e. The van der Waals surface area contributed by atoms with Crippen LogP contribution >= 0.6 is 0 Å². The third-order valence-electron chi connectivity index (χ3n) is 2.79. The van der Waals surface area contributed by atoms with Crippen molar-refractivity contribution in [1.29, 1.82) is 0 Å². The average molecular weight is 210 g/mol. The molecular weight excluding hydrogens is 195 g/mol. The van der Waals surface area contributed by atoms with Gasteiger partial charge in [0.05, 0.1) is 6.61 Å². The second-order valence-electron chi connectivity index (χ2n) is 4.07. The molecule has 0 saturated carbocycles. The molecule has 1 atom stereocenters. The van der Waals surface area contributed by atoms with Gasteiger partial charge in [0.2, 0.25) is 0 Å². The first kappa shape index (κ1) is 10.6. The van der Waals surface area contributed by atoms with Gasteiger partial charge in [-0.05, 0) is 31.9 Å². The highest BCUT2D eigenvalue weighted by Crippen LogP contribution is 2.34. The fourth-order valence-electron chi connectivity index (χ4n) is 1.93. The summed E-state index contributed by atoms with van der Waals surface area (Å²) in [5, 5.41) is 10.2. The van der Waals surface area contributed by atoms with Gasteiger partial charge < -0.3 is 9.84 Å². The number of rotatable bonds is 1. The van der Waals surface area contributed by atoms with Gasteiger partial charge in [0.15, 0.2) is 5.79 Å². The van der Waals surface area contributed by atoms with E-state index in [1.54, 1.807) is 12.1 Å². The van der Waals surface area contributed by atoms with Gasteiger partial charge in [-0.3, -0.25) is 0 Å². The SMILES string of the molecule is Cc1ccc(F)c(C2(O)CCCCO2)c1. The lowest BCUT2D eigenvalue weighted by Crippen LogP contribution is -2.34. The predicted molar refractivity (Wildman–Crippen MR) is 54.8 cm³/mol. The van der Waals surface area contributed by atoms with Gasteiger partial charge in [-0.2, -0.15) is 0 Å². The minimum atomic E-state index is -1.42. The normalized spacial score (nSPS) is 26.6. The highest BCUT2D eigenvalue weighted by molar-refractivity contribution is 5.27. The number of halogens is 1. The highest BCUT2D eigenvalue weighted by Gasteiger charge is 2.34. The van der Waals surface area contributed by atoms with E-state index < -0.39 is 11.6 Å². The van der Waals surface area contributed by atoms with Crippen LogP contribution < -0.4 is 0 Å². The maximum atomic E-state index is 13.6. The number of benzene rings is 1. The van der Waals surface area contributed by atoms with Crippen molar-refractivity contribution in [3.05, 3.63) is 35.1 Å². The summed E-state index contributed by atoms with van der Waals surface area (Å²) in [4.78, 5) is 0. The van der Waals surface area contributed by atoms with Crippen molar-refractivity contribution in [1.82, 2.24) is 0 Å². The lowest BCUT2D eigenvalue weighted by Gasteiger charge is -2.32. The Morgan fingerprint density at radius 1 is 1.40 bits per heavy atom. The summed E-state index contributed by atoms with van der Waals surface area (Å²) in [5.74, 6) is -1.82. The van der Waals surface area contributed by atoms with Gasteiger partial charge in [-0.15, -0.1) is 0 Å². The molecule has 2 nitrogen and oxygen atoms in total. The van der Waals surface area contributed by atoms with Crippen molar-refractivity contribution >= 4 is 0 Å². The summed E-state index contributed by atoms with van der Waals surface area (Å²) in [7, 11) is 0. The maximum absolute atomic E-state index is 13.6. The maximum Gasteiger partial charge on any atom is 0.195 e. The molecule has 15 heavy (non-hydrogen) atoms. The third kappa shape index (κ3) is 2.03. The zero-order valence-corrected chi connectivity index (χ0v) is 8.79. The first-order valence-corrected chi connectivity index (χ1v) is 5.25. The van der Waals surface area contributed by atoms with Crippen LogP contribution in [0.25, 0.3) is 0 Å². The Balaban J connectivity index is 2.38. The van der Waals surface area contributed by atoms with Gasteiger partial charge in [0.1, 0.15) is 5.82 Å². The molecule has 1 heterocycles. The van der Waals surface area contributed by atoms with Gasteiger partial charge >= 0.3 is 0 Å². The average Bonchev–Trinajstić information content (AvgIpc) is 2.23. The fraction of sp³-hybridized carbons (Fsp3) is 0.500. The molecule has 0 aromatic heterocycles. The molecule has 0 aliphatic carbocycles. The van der Waals surface area contributed by atoms with E-state index >= 15 is 0 Å². The summed E-state index contributed by atoms with van der Waals surface area (Å²) in [6.07, 6.45) is 2.26. The lowest BCUT2D eigenvalue weighted by molar-refractivity contribution is -0.235. The summed E-state index contributed by atoms with van der Waals surface area (Å²) >= 11 is 0. The van der Waals surface area contributed by atoms with Crippen LogP contribution in [-0.2, 0) is 10.5 Å². The van der Waals surface area contributed by atoms with E-state index in [-0.39, 0.29) is 5.56 Å².